The molecule has 0 radical (unpaired) electrons. The van der Waals surface area contributed by atoms with Gasteiger partial charge in [-0.2, -0.15) is 9.97 Å². The van der Waals surface area contributed by atoms with E-state index in [1.807, 2.05) is 0 Å². The SMILES string of the molecule is C[C@H]1CCCCN1c1cc(N2CCN(c3ccccc3)CC2)nc(NC(=S)NCc2ccc(N3CCCC3)cc2)n1. The minimum Gasteiger partial charge on any atom is -0.372 e. The van der Waals surface area contributed by atoms with E-state index in [0.29, 0.717) is 23.6 Å². The fourth-order valence-corrected chi connectivity index (χ4v) is 6.35. The fraction of sp³-hybridized carbons (Fsp3) is 0.469. The number of rotatable bonds is 7. The third kappa shape index (κ3) is 6.84. The molecule has 4 heterocycles. The Balaban J connectivity index is 1.13. The number of nitrogens with one attached hydrogen (secondary N) is 2. The Labute approximate surface area is 249 Å². The van der Waals surface area contributed by atoms with Gasteiger partial charge in [-0.3, -0.25) is 0 Å². The average Bonchev–Trinajstić information content (AvgIpc) is 3.56. The average molecular weight is 571 g/mol. The van der Waals surface area contributed by atoms with E-state index in [9.17, 15) is 0 Å². The number of aromatic nitrogens is 2. The second kappa shape index (κ2) is 12.9. The van der Waals surface area contributed by atoms with Crippen LogP contribution in [0.4, 0.5) is 29.0 Å². The number of piperazine rings is 1. The van der Waals surface area contributed by atoms with E-state index in [2.05, 4.69) is 97.8 Å². The molecule has 2 N–H and O–H groups in total. The summed E-state index contributed by atoms with van der Waals surface area (Å²) in [6.07, 6.45) is 6.23. The Hall–Kier alpha value is -3.59. The molecule has 216 valence electrons. The number of hydrogen-bond acceptors (Lipinski definition) is 7. The van der Waals surface area contributed by atoms with Crippen LogP contribution in [-0.4, -0.2) is 66.9 Å². The monoisotopic (exact) mass is 570 g/mol. The molecule has 0 spiro atoms. The van der Waals surface area contributed by atoms with E-state index < -0.39 is 0 Å². The minimum absolute atomic E-state index is 0.461. The molecule has 1 atom stereocenters. The van der Waals surface area contributed by atoms with Crippen molar-refractivity contribution in [3.8, 4) is 0 Å². The second-order valence-electron chi connectivity index (χ2n) is 11.4. The normalized spacial score (nSPS) is 19.4. The van der Waals surface area contributed by atoms with Crippen molar-refractivity contribution in [2.45, 2.75) is 51.6 Å². The first-order valence-corrected chi connectivity index (χ1v) is 15.6. The predicted molar refractivity (Wildman–Crippen MR) is 175 cm³/mol. The number of anilines is 5. The van der Waals surface area contributed by atoms with E-state index in [1.54, 1.807) is 0 Å². The number of para-hydroxylation sites is 1. The highest BCUT2D eigenvalue weighted by atomic mass is 32.1. The summed E-state index contributed by atoms with van der Waals surface area (Å²) in [5.74, 6) is 2.50. The van der Waals surface area contributed by atoms with Crippen molar-refractivity contribution in [3.63, 3.8) is 0 Å². The lowest BCUT2D eigenvalue weighted by Crippen LogP contribution is -2.47. The van der Waals surface area contributed by atoms with Crippen LogP contribution >= 0.6 is 12.2 Å². The first kappa shape index (κ1) is 27.6. The Morgan fingerprint density at radius 1 is 0.756 bits per heavy atom. The maximum Gasteiger partial charge on any atom is 0.232 e. The van der Waals surface area contributed by atoms with Crippen LogP contribution in [0, 0.1) is 0 Å². The van der Waals surface area contributed by atoms with Gasteiger partial charge in [0, 0.05) is 75.8 Å². The number of benzene rings is 2. The Bertz CT molecular complexity index is 1290. The van der Waals surface area contributed by atoms with Crippen LogP contribution in [0.5, 0.6) is 0 Å². The molecule has 3 saturated heterocycles. The molecular weight excluding hydrogens is 528 g/mol. The molecule has 6 rings (SSSR count). The third-order valence-electron chi connectivity index (χ3n) is 8.61. The Morgan fingerprint density at radius 2 is 1.39 bits per heavy atom. The summed E-state index contributed by atoms with van der Waals surface area (Å²) in [5.41, 5.74) is 3.79. The van der Waals surface area contributed by atoms with Gasteiger partial charge in [0.2, 0.25) is 5.95 Å². The first-order chi connectivity index (χ1) is 20.1. The minimum atomic E-state index is 0.461. The van der Waals surface area contributed by atoms with Gasteiger partial charge in [0.05, 0.1) is 0 Å². The molecule has 41 heavy (non-hydrogen) atoms. The molecule has 3 aliphatic rings. The molecule has 0 saturated carbocycles. The molecule has 1 aromatic heterocycles. The lowest BCUT2D eigenvalue weighted by molar-refractivity contribution is 0.481. The van der Waals surface area contributed by atoms with E-state index in [1.165, 1.54) is 49.0 Å². The summed E-state index contributed by atoms with van der Waals surface area (Å²) in [5, 5.41) is 7.20. The zero-order chi connectivity index (χ0) is 28.0. The predicted octanol–water partition coefficient (Wildman–Crippen LogP) is 5.27. The van der Waals surface area contributed by atoms with Crippen molar-refractivity contribution in [1.29, 1.82) is 0 Å². The molecule has 0 unspecified atom stereocenters. The standard InChI is InChI=1S/C32H42N8S/c1-25-9-5-6-18-40(25)30-23-29(39-21-19-38(20-22-39)27-10-3-2-4-11-27)34-31(35-30)36-32(41)33-24-26-12-14-28(15-13-26)37-16-7-8-17-37/h2-4,10-15,23,25H,5-9,16-22,24H2,1H3,(H2,33,34,35,36,41)/t25-/m0/s1. The van der Waals surface area contributed by atoms with E-state index in [0.717, 1.165) is 57.4 Å². The largest absolute Gasteiger partial charge is 0.372 e. The van der Waals surface area contributed by atoms with Crippen LogP contribution in [-0.2, 0) is 6.54 Å². The van der Waals surface area contributed by atoms with Gasteiger partial charge >= 0.3 is 0 Å². The highest BCUT2D eigenvalue weighted by Gasteiger charge is 2.24. The summed E-state index contributed by atoms with van der Waals surface area (Å²) in [7, 11) is 0. The molecular formula is C32H42N8S. The van der Waals surface area contributed by atoms with Crippen LogP contribution in [0.1, 0.15) is 44.6 Å². The molecule has 0 amide bonds. The highest BCUT2D eigenvalue weighted by Crippen LogP contribution is 2.28. The van der Waals surface area contributed by atoms with Crippen LogP contribution in [0.15, 0.2) is 60.7 Å². The molecule has 3 aliphatic heterocycles. The van der Waals surface area contributed by atoms with E-state index in [-0.39, 0.29) is 0 Å². The van der Waals surface area contributed by atoms with Crippen LogP contribution < -0.4 is 30.2 Å². The van der Waals surface area contributed by atoms with Gasteiger partial charge in [-0.25, -0.2) is 0 Å². The zero-order valence-electron chi connectivity index (χ0n) is 24.1. The van der Waals surface area contributed by atoms with Gasteiger partial charge in [-0.05, 0) is 81.1 Å². The van der Waals surface area contributed by atoms with Gasteiger partial charge < -0.3 is 30.2 Å². The highest BCUT2D eigenvalue weighted by molar-refractivity contribution is 7.80. The van der Waals surface area contributed by atoms with Crippen molar-refractivity contribution in [1.82, 2.24) is 15.3 Å². The van der Waals surface area contributed by atoms with Crippen LogP contribution in [0.3, 0.4) is 0 Å². The van der Waals surface area contributed by atoms with Crippen molar-refractivity contribution < 1.29 is 0 Å². The number of thiocarbonyl (C=S) groups is 1. The van der Waals surface area contributed by atoms with Crippen molar-refractivity contribution >= 4 is 46.3 Å². The number of nitrogens with zero attached hydrogens (tertiary/aromatic N) is 6. The second-order valence-corrected chi connectivity index (χ2v) is 11.8. The van der Waals surface area contributed by atoms with Gasteiger partial charge in [0.25, 0.3) is 0 Å². The summed E-state index contributed by atoms with van der Waals surface area (Å²) in [6, 6.07) is 22.1. The van der Waals surface area contributed by atoms with Crippen molar-refractivity contribution in [2.75, 3.05) is 70.7 Å². The van der Waals surface area contributed by atoms with Crippen molar-refractivity contribution in [3.05, 3.63) is 66.2 Å². The summed E-state index contributed by atoms with van der Waals surface area (Å²) >= 11 is 5.70. The van der Waals surface area contributed by atoms with E-state index >= 15 is 0 Å². The Kier molecular flexibility index (Phi) is 8.70. The van der Waals surface area contributed by atoms with Crippen molar-refractivity contribution in [2.24, 2.45) is 0 Å². The lowest BCUT2D eigenvalue weighted by atomic mass is 10.0. The third-order valence-corrected chi connectivity index (χ3v) is 8.85. The van der Waals surface area contributed by atoms with E-state index in [4.69, 9.17) is 22.2 Å². The molecule has 8 nitrogen and oxygen atoms in total. The van der Waals surface area contributed by atoms with Gasteiger partial charge in [0.15, 0.2) is 5.11 Å². The maximum atomic E-state index is 5.70. The molecule has 2 aromatic carbocycles. The first-order valence-electron chi connectivity index (χ1n) is 15.2. The molecule has 0 aliphatic carbocycles. The summed E-state index contributed by atoms with van der Waals surface area (Å²) < 4.78 is 0. The molecule has 3 aromatic rings. The van der Waals surface area contributed by atoms with Gasteiger partial charge in [0.1, 0.15) is 11.6 Å². The number of hydrogen-bond donors (Lipinski definition) is 2. The molecule has 0 bridgehead atoms. The molecule has 3 fully saturated rings. The fourth-order valence-electron chi connectivity index (χ4n) is 6.19. The smallest absolute Gasteiger partial charge is 0.232 e. The maximum absolute atomic E-state index is 5.70. The van der Waals surface area contributed by atoms with Crippen LogP contribution in [0.25, 0.3) is 0 Å². The quantitative estimate of drug-likeness (QED) is 0.370. The lowest BCUT2D eigenvalue weighted by Gasteiger charge is -2.38. The van der Waals surface area contributed by atoms with Gasteiger partial charge in [-0.1, -0.05) is 30.3 Å². The van der Waals surface area contributed by atoms with Gasteiger partial charge in [-0.15, -0.1) is 0 Å². The summed E-state index contributed by atoms with van der Waals surface area (Å²) in [4.78, 5) is 19.6. The number of piperidine rings is 1. The summed E-state index contributed by atoms with van der Waals surface area (Å²) in [6.45, 7) is 10.0. The topological polar surface area (TPSA) is 62.8 Å². The Morgan fingerprint density at radius 3 is 2.12 bits per heavy atom. The molecule has 9 heteroatoms. The zero-order valence-corrected chi connectivity index (χ0v) is 25.0. The van der Waals surface area contributed by atoms with Crippen LogP contribution in [0.2, 0.25) is 0 Å².